The maximum atomic E-state index is 13.4. The van der Waals surface area contributed by atoms with Crippen molar-refractivity contribution in [1.82, 2.24) is 9.97 Å². The van der Waals surface area contributed by atoms with Crippen LogP contribution in [0.25, 0.3) is 0 Å². The molecule has 0 aliphatic heterocycles. The van der Waals surface area contributed by atoms with Gasteiger partial charge in [0.1, 0.15) is 16.8 Å². The maximum absolute atomic E-state index is 13.4. The predicted molar refractivity (Wildman–Crippen MR) is 101 cm³/mol. The van der Waals surface area contributed by atoms with Gasteiger partial charge in [-0.05, 0) is 35.9 Å². The molecule has 0 amide bonds. The lowest BCUT2D eigenvalue weighted by molar-refractivity contribution is -0.139. The van der Waals surface area contributed by atoms with Crippen molar-refractivity contribution in [2.45, 2.75) is 12.7 Å². The van der Waals surface area contributed by atoms with E-state index in [2.05, 4.69) is 25.5 Å². The summed E-state index contributed by atoms with van der Waals surface area (Å²) in [5.41, 5.74) is -0.576. The van der Waals surface area contributed by atoms with Crippen molar-refractivity contribution < 1.29 is 17.6 Å². The molecule has 0 bridgehead atoms. The van der Waals surface area contributed by atoms with Gasteiger partial charge in [-0.15, -0.1) is 5.11 Å². The molecule has 0 fully saturated rings. The van der Waals surface area contributed by atoms with Gasteiger partial charge in [0.15, 0.2) is 0 Å². The molecule has 2 aromatic carbocycles. The average molecular weight is 444 g/mol. The maximum Gasteiger partial charge on any atom is 0.419 e. The van der Waals surface area contributed by atoms with Crippen molar-refractivity contribution in [2.24, 2.45) is 10.2 Å². The molecule has 0 saturated heterocycles. The fourth-order valence-electron chi connectivity index (χ4n) is 2.25. The van der Waals surface area contributed by atoms with Crippen molar-refractivity contribution in [1.29, 1.82) is 0 Å². The van der Waals surface area contributed by atoms with Crippen LogP contribution in [0.3, 0.4) is 0 Å². The van der Waals surface area contributed by atoms with Crippen LogP contribution in [0.1, 0.15) is 11.1 Å². The fourth-order valence-corrected chi connectivity index (χ4v) is 2.56. The number of hydrogen-bond acceptors (Lipinski definition) is 5. The molecule has 0 aliphatic rings. The number of hydrogen-bond donors (Lipinski definition) is 1. The van der Waals surface area contributed by atoms with Crippen LogP contribution in [0.2, 0.25) is 10.2 Å². The van der Waals surface area contributed by atoms with Crippen LogP contribution >= 0.6 is 23.2 Å². The minimum absolute atomic E-state index is 0.00102. The second-order valence-electron chi connectivity index (χ2n) is 5.72. The Bertz CT molecular complexity index is 1040. The first kappa shape index (κ1) is 20.9. The standard InChI is InChI=1S/C18H11Cl2F4N5/c19-11-3-1-10(2-4-11)9-25-29-17-27-15(20)8-16(28-17)26-12-5-6-14(21)13(7-12)18(22,23)24/h1-8H,9H2,(H,26,27,28). The normalized spacial score (nSPS) is 11.8. The highest BCUT2D eigenvalue weighted by Crippen LogP contribution is 2.33. The molecule has 3 aromatic rings. The van der Waals surface area contributed by atoms with Crippen molar-refractivity contribution >= 4 is 40.7 Å². The Morgan fingerprint density at radius 1 is 0.966 bits per heavy atom. The van der Waals surface area contributed by atoms with Crippen LogP contribution in [-0.2, 0) is 12.7 Å². The third kappa shape index (κ3) is 5.85. The summed E-state index contributed by atoms with van der Waals surface area (Å²) in [5.74, 6) is -1.39. The van der Waals surface area contributed by atoms with Crippen LogP contribution < -0.4 is 5.32 Å². The van der Waals surface area contributed by atoms with Gasteiger partial charge >= 0.3 is 6.18 Å². The Hall–Kier alpha value is -2.78. The first-order chi connectivity index (χ1) is 13.7. The number of nitrogens with one attached hydrogen (secondary N) is 1. The molecule has 0 unspecified atom stereocenters. The third-order valence-corrected chi connectivity index (χ3v) is 4.00. The smallest absolute Gasteiger partial charge is 0.340 e. The average Bonchev–Trinajstić information content (AvgIpc) is 2.64. The Balaban J connectivity index is 1.77. The van der Waals surface area contributed by atoms with Crippen LogP contribution in [0.4, 0.5) is 35.0 Å². The van der Waals surface area contributed by atoms with Gasteiger partial charge in [-0.2, -0.15) is 28.3 Å². The number of nitrogens with zero attached hydrogens (tertiary/aromatic N) is 4. The Kier molecular flexibility index (Phi) is 6.29. The minimum atomic E-state index is -4.83. The van der Waals surface area contributed by atoms with E-state index in [1.807, 2.05) is 0 Å². The molecule has 1 N–H and O–H groups in total. The predicted octanol–water partition coefficient (Wildman–Crippen LogP) is 6.97. The monoisotopic (exact) mass is 443 g/mol. The lowest BCUT2D eigenvalue weighted by Crippen LogP contribution is -2.08. The Labute approximate surface area is 172 Å². The third-order valence-electron chi connectivity index (χ3n) is 3.55. The topological polar surface area (TPSA) is 62.5 Å². The first-order valence-corrected chi connectivity index (χ1v) is 8.76. The molecule has 1 aromatic heterocycles. The van der Waals surface area contributed by atoms with Crippen LogP contribution in [0.5, 0.6) is 0 Å². The summed E-state index contributed by atoms with van der Waals surface area (Å²) in [6.45, 7) is 0.239. The fraction of sp³-hybridized carbons (Fsp3) is 0.111. The SMILES string of the molecule is Fc1ccc(Nc2cc(Cl)nc(N=NCc3ccc(Cl)cc3)n2)cc1C(F)(F)F. The highest BCUT2D eigenvalue weighted by Gasteiger charge is 2.34. The van der Waals surface area contributed by atoms with Gasteiger partial charge < -0.3 is 5.32 Å². The first-order valence-electron chi connectivity index (χ1n) is 8.01. The zero-order valence-corrected chi connectivity index (χ0v) is 15.9. The lowest BCUT2D eigenvalue weighted by Gasteiger charge is -2.11. The largest absolute Gasteiger partial charge is 0.419 e. The van der Waals surface area contributed by atoms with E-state index < -0.39 is 17.6 Å². The molecule has 150 valence electrons. The highest BCUT2D eigenvalue weighted by atomic mass is 35.5. The molecular formula is C18H11Cl2F4N5. The molecule has 0 atom stereocenters. The molecule has 29 heavy (non-hydrogen) atoms. The van der Waals surface area contributed by atoms with E-state index in [0.717, 1.165) is 11.6 Å². The van der Waals surface area contributed by atoms with E-state index in [4.69, 9.17) is 23.2 Å². The second-order valence-corrected chi connectivity index (χ2v) is 6.54. The summed E-state index contributed by atoms with van der Waals surface area (Å²) in [6.07, 6.45) is -4.83. The van der Waals surface area contributed by atoms with E-state index in [-0.39, 0.29) is 29.2 Å². The highest BCUT2D eigenvalue weighted by molar-refractivity contribution is 6.30. The molecule has 0 saturated carbocycles. The van der Waals surface area contributed by atoms with E-state index in [1.165, 1.54) is 6.07 Å². The van der Waals surface area contributed by atoms with Crippen molar-refractivity contribution in [2.75, 3.05) is 5.32 Å². The van der Waals surface area contributed by atoms with Crippen molar-refractivity contribution in [3.63, 3.8) is 0 Å². The van der Waals surface area contributed by atoms with Gasteiger partial charge in [0.25, 0.3) is 5.95 Å². The summed E-state index contributed by atoms with van der Waals surface area (Å²) >= 11 is 11.7. The molecule has 0 radical (unpaired) electrons. The molecular weight excluding hydrogens is 433 g/mol. The summed E-state index contributed by atoms with van der Waals surface area (Å²) < 4.78 is 51.9. The number of aromatic nitrogens is 2. The number of halogens is 6. The van der Waals surface area contributed by atoms with Crippen molar-refractivity contribution in [3.8, 4) is 0 Å². The minimum Gasteiger partial charge on any atom is -0.340 e. The zero-order valence-electron chi connectivity index (χ0n) is 14.4. The van der Waals surface area contributed by atoms with Crippen molar-refractivity contribution in [3.05, 3.63) is 75.7 Å². The van der Waals surface area contributed by atoms with E-state index in [9.17, 15) is 17.6 Å². The number of anilines is 2. The van der Waals surface area contributed by atoms with Gasteiger partial charge in [0.05, 0.1) is 12.1 Å². The van der Waals surface area contributed by atoms with Gasteiger partial charge in [-0.25, -0.2) is 4.39 Å². The van der Waals surface area contributed by atoms with Crippen LogP contribution in [0, 0.1) is 5.82 Å². The van der Waals surface area contributed by atoms with E-state index >= 15 is 0 Å². The summed E-state index contributed by atoms with van der Waals surface area (Å²) in [5, 5.41) is 11.0. The molecule has 1 heterocycles. The lowest BCUT2D eigenvalue weighted by atomic mass is 10.2. The molecule has 3 rings (SSSR count). The molecule has 11 heteroatoms. The Morgan fingerprint density at radius 2 is 1.69 bits per heavy atom. The van der Waals surface area contributed by atoms with E-state index in [0.29, 0.717) is 17.2 Å². The zero-order chi connectivity index (χ0) is 21.0. The number of benzene rings is 2. The number of azo groups is 1. The Morgan fingerprint density at radius 3 is 2.38 bits per heavy atom. The molecule has 5 nitrogen and oxygen atoms in total. The van der Waals surface area contributed by atoms with Crippen LogP contribution in [-0.4, -0.2) is 9.97 Å². The van der Waals surface area contributed by atoms with E-state index in [1.54, 1.807) is 24.3 Å². The quantitative estimate of drug-likeness (QED) is 0.263. The van der Waals surface area contributed by atoms with Gasteiger partial charge in [0.2, 0.25) is 0 Å². The molecule has 0 aliphatic carbocycles. The number of alkyl halides is 3. The summed E-state index contributed by atoms with van der Waals surface area (Å²) in [7, 11) is 0. The van der Waals surface area contributed by atoms with Gasteiger partial charge in [-0.1, -0.05) is 35.3 Å². The van der Waals surface area contributed by atoms with Gasteiger partial charge in [0, 0.05) is 16.8 Å². The molecule has 0 spiro atoms. The summed E-state index contributed by atoms with van der Waals surface area (Å²) in [4.78, 5) is 7.91. The summed E-state index contributed by atoms with van der Waals surface area (Å²) in [6, 6.07) is 10.7. The number of rotatable bonds is 5. The second kappa shape index (κ2) is 8.71. The van der Waals surface area contributed by atoms with Gasteiger partial charge in [-0.3, -0.25) is 0 Å². The van der Waals surface area contributed by atoms with Crippen LogP contribution in [0.15, 0.2) is 58.8 Å².